The van der Waals surface area contributed by atoms with Crippen molar-refractivity contribution in [2.24, 2.45) is 0 Å². The number of thioether (sulfide) groups is 1. The van der Waals surface area contributed by atoms with Crippen molar-refractivity contribution in [2.75, 3.05) is 15.8 Å². The number of benzene rings is 2. The third-order valence-electron chi connectivity index (χ3n) is 3.74. The van der Waals surface area contributed by atoms with Crippen LogP contribution >= 0.6 is 11.8 Å². The monoisotopic (exact) mass is 413 g/mol. The van der Waals surface area contributed by atoms with E-state index in [2.05, 4.69) is 15.0 Å². The van der Waals surface area contributed by atoms with Crippen molar-refractivity contribution in [3.05, 3.63) is 78.5 Å². The fourth-order valence-electron chi connectivity index (χ4n) is 2.32. The van der Waals surface area contributed by atoms with Crippen molar-refractivity contribution < 1.29 is 13.2 Å². The Morgan fingerprint density at radius 1 is 1.00 bits per heavy atom. The fourth-order valence-corrected chi connectivity index (χ4v) is 4.02. The van der Waals surface area contributed by atoms with Gasteiger partial charge in [-0.2, -0.15) is 0 Å². The number of carbonyl (C=O) groups is 1. The van der Waals surface area contributed by atoms with Gasteiger partial charge in [-0.1, -0.05) is 23.8 Å². The largest absolute Gasteiger partial charge is 0.325 e. The van der Waals surface area contributed by atoms with Gasteiger partial charge >= 0.3 is 0 Å². The second kappa shape index (κ2) is 8.90. The summed E-state index contributed by atoms with van der Waals surface area (Å²) >= 11 is 1.44. The van der Waals surface area contributed by atoms with Gasteiger partial charge in [0.25, 0.3) is 10.0 Å². The lowest BCUT2D eigenvalue weighted by molar-refractivity contribution is -0.113. The lowest BCUT2D eigenvalue weighted by Crippen LogP contribution is -2.15. The van der Waals surface area contributed by atoms with Crippen LogP contribution in [0.3, 0.4) is 0 Å². The molecule has 2 N–H and O–H groups in total. The molecule has 0 fully saturated rings. The van der Waals surface area contributed by atoms with E-state index in [0.29, 0.717) is 5.69 Å². The van der Waals surface area contributed by atoms with Gasteiger partial charge in [0.2, 0.25) is 5.91 Å². The molecule has 28 heavy (non-hydrogen) atoms. The highest BCUT2D eigenvalue weighted by Gasteiger charge is 2.14. The number of hydrogen-bond acceptors (Lipinski definition) is 5. The molecule has 2 aromatic carbocycles. The number of amides is 1. The Kier molecular flexibility index (Phi) is 6.33. The molecule has 6 nitrogen and oxygen atoms in total. The average molecular weight is 414 g/mol. The number of nitrogens with one attached hydrogen (secondary N) is 2. The number of sulfonamides is 1. The van der Waals surface area contributed by atoms with Crippen molar-refractivity contribution in [3.63, 3.8) is 0 Å². The zero-order chi connectivity index (χ0) is 20.0. The van der Waals surface area contributed by atoms with E-state index in [1.165, 1.54) is 35.7 Å². The molecule has 0 saturated carbocycles. The van der Waals surface area contributed by atoms with Crippen LogP contribution in [0.15, 0.2) is 82.7 Å². The first-order valence-corrected chi connectivity index (χ1v) is 10.9. The van der Waals surface area contributed by atoms with E-state index in [4.69, 9.17) is 0 Å². The SMILES string of the molecule is Cc1ccc(SCC(=O)Nc2ccc(S(=O)(=O)Nc3ccccn3)cc2)cc1. The Labute approximate surface area is 168 Å². The van der Waals surface area contributed by atoms with Gasteiger partial charge in [0.15, 0.2) is 0 Å². The molecular formula is C20H19N3O3S2. The Bertz CT molecular complexity index is 1040. The van der Waals surface area contributed by atoms with Gasteiger partial charge in [0.1, 0.15) is 5.82 Å². The van der Waals surface area contributed by atoms with Crippen LogP contribution < -0.4 is 10.0 Å². The molecule has 1 heterocycles. The first kappa shape index (κ1) is 19.9. The van der Waals surface area contributed by atoms with E-state index in [1.54, 1.807) is 30.3 Å². The molecule has 0 radical (unpaired) electrons. The molecule has 1 amide bonds. The molecule has 0 bridgehead atoms. The van der Waals surface area contributed by atoms with Crippen molar-refractivity contribution in [1.29, 1.82) is 0 Å². The van der Waals surface area contributed by atoms with Crippen LogP contribution in [0.4, 0.5) is 11.5 Å². The van der Waals surface area contributed by atoms with Gasteiger partial charge in [-0.25, -0.2) is 13.4 Å². The molecule has 1 aromatic heterocycles. The summed E-state index contributed by atoms with van der Waals surface area (Å²) in [5.41, 5.74) is 1.70. The van der Waals surface area contributed by atoms with E-state index in [9.17, 15) is 13.2 Å². The Hall–Kier alpha value is -2.84. The summed E-state index contributed by atoms with van der Waals surface area (Å²) < 4.78 is 27.2. The molecule has 144 valence electrons. The highest BCUT2D eigenvalue weighted by Crippen LogP contribution is 2.20. The van der Waals surface area contributed by atoms with Crippen LogP contribution in [0.2, 0.25) is 0 Å². The smallest absolute Gasteiger partial charge is 0.263 e. The van der Waals surface area contributed by atoms with Gasteiger partial charge in [-0.15, -0.1) is 11.8 Å². The topological polar surface area (TPSA) is 88.2 Å². The van der Waals surface area contributed by atoms with Crippen molar-refractivity contribution in [2.45, 2.75) is 16.7 Å². The van der Waals surface area contributed by atoms with Crippen molar-refractivity contribution in [3.8, 4) is 0 Å². The Balaban J connectivity index is 1.57. The molecular weight excluding hydrogens is 394 g/mol. The van der Waals surface area contributed by atoms with Crippen LogP contribution in [0.1, 0.15) is 5.56 Å². The van der Waals surface area contributed by atoms with E-state index in [0.717, 1.165) is 4.90 Å². The van der Waals surface area contributed by atoms with Gasteiger partial charge < -0.3 is 5.32 Å². The fraction of sp³-hybridized carbons (Fsp3) is 0.100. The molecule has 8 heteroatoms. The minimum Gasteiger partial charge on any atom is -0.325 e. The van der Waals surface area contributed by atoms with Crippen LogP contribution in [-0.2, 0) is 14.8 Å². The number of carbonyl (C=O) groups excluding carboxylic acids is 1. The van der Waals surface area contributed by atoms with Crippen LogP contribution in [0, 0.1) is 6.92 Å². The number of rotatable bonds is 7. The first-order chi connectivity index (χ1) is 13.4. The highest BCUT2D eigenvalue weighted by molar-refractivity contribution is 8.00. The van der Waals surface area contributed by atoms with Gasteiger partial charge in [0.05, 0.1) is 10.6 Å². The lowest BCUT2D eigenvalue weighted by atomic mass is 10.2. The average Bonchev–Trinajstić information content (AvgIpc) is 2.68. The van der Waals surface area contributed by atoms with Crippen LogP contribution in [0.5, 0.6) is 0 Å². The predicted molar refractivity (Wildman–Crippen MR) is 112 cm³/mol. The first-order valence-electron chi connectivity index (χ1n) is 8.46. The number of pyridine rings is 1. The summed E-state index contributed by atoms with van der Waals surface area (Å²) in [6.07, 6.45) is 1.51. The maximum Gasteiger partial charge on any atom is 0.263 e. The molecule has 0 saturated heterocycles. The summed E-state index contributed by atoms with van der Waals surface area (Å²) in [5.74, 6) is 0.352. The van der Waals surface area contributed by atoms with E-state index in [1.807, 2.05) is 31.2 Å². The molecule has 0 spiro atoms. The van der Waals surface area contributed by atoms with Crippen LogP contribution in [0.25, 0.3) is 0 Å². The summed E-state index contributed by atoms with van der Waals surface area (Å²) in [7, 11) is -3.74. The van der Waals surface area contributed by atoms with Gasteiger partial charge in [-0.05, 0) is 55.5 Å². The van der Waals surface area contributed by atoms with E-state index < -0.39 is 10.0 Å². The zero-order valence-electron chi connectivity index (χ0n) is 15.1. The number of aryl methyl sites for hydroxylation is 1. The standard InChI is InChI=1S/C20H19N3O3S2/c1-15-5-9-17(10-6-15)27-14-20(24)22-16-7-11-18(12-8-16)28(25,26)23-19-4-2-3-13-21-19/h2-13H,14H2,1H3,(H,21,23)(H,22,24). The highest BCUT2D eigenvalue weighted by atomic mass is 32.2. The number of aromatic nitrogens is 1. The minimum absolute atomic E-state index is 0.0881. The van der Waals surface area contributed by atoms with Crippen molar-refractivity contribution >= 4 is 39.2 Å². The second-order valence-electron chi connectivity index (χ2n) is 5.99. The van der Waals surface area contributed by atoms with Gasteiger partial charge in [0, 0.05) is 16.8 Å². The van der Waals surface area contributed by atoms with Gasteiger partial charge in [-0.3, -0.25) is 9.52 Å². The Morgan fingerprint density at radius 2 is 1.71 bits per heavy atom. The molecule has 0 aliphatic heterocycles. The minimum atomic E-state index is -3.74. The molecule has 0 unspecified atom stereocenters. The number of hydrogen-bond donors (Lipinski definition) is 2. The second-order valence-corrected chi connectivity index (χ2v) is 8.73. The summed E-state index contributed by atoms with van der Waals surface area (Å²) in [5, 5.41) is 2.76. The molecule has 0 atom stereocenters. The third-order valence-corrected chi connectivity index (χ3v) is 6.13. The third kappa shape index (κ3) is 5.58. The summed E-state index contributed by atoms with van der Waals surface area (Å²) in [6, 6.07) is 18.9. The summed E-state index contributed by atoms with van der Waals surface area (Å²) in [6.45, 7) is 2.01. The molecule has 3 aromatic rings. The maximum atomic E-state index is 12.4. The summed E-state index contributed by atoms with van der Waals surface area (Å²) in [4.78, 5) is 17.2. The number of anilines is 2. The van der Waals surface area contributed by atoms with Crippen LogP contribution in [-0.4, -0.2) is 25.1 Å². The lowest BCUT2D eigenvalue weighted by Gasteiger charge is -2.09. The molecule has 0 aliphatic carbocycles. The number of nitrogens with zero attached hydrogens (tertiary/aromatic N) is 1. The molecule has 3 rings (SSSR count). The predicted octanol–water partition coefficient (Wildman–Crippen LogP) is 3.92. The Morgan fingerprint density at radius 3 is 2.36 bits per heavy atom. The maximum absolute atomic E-state index is 12.4. The van der Waals surface area contributed by atoms with Crippen molar-refractivity contribution in [1.82, 2.24) is 4.98 Å². The molecule has 0 aliphatic rings. The van der Waals surface area contributed by atoms with E-state index >= 15 is 0 Å². The quantitative estimate of drug-likeness (QED) is 0.573. The van der Waals surface area contributed by atoms with E-state index in [-0.39, 0.29) is 22.4 Å². The zero-order valence-corrected chi connectivity index (χ0v) is 16.8. The normalized spacial score (nSPS) is 11.0.